The largest absolute Gasteiger partial charge is 0.492 e. The minimum Gasteiger partial charge on any atom is -0.492 e. The van der Waals surface area contributed by atoms with Crippen LogP contribution in [0.15, 0.2) is 21.1 Å². The summed E-state index contributed by atoms with van der Waals surface area (Å²) in [5.74, 6) is 0.954. The molecule has 0 amide bonds. The first-order valence-corrected chi connectivity index (χ1v) is 9.88. The van der Waals surface area contributed by atoms with Crippen LogP contribution in [0.4, 0.5) is 0 Å². The van der Waals surface area contributed by atoms with Crippen molar-refractivity contribution in [3.63, 3.8) is 0 Å². The molecule has 0 bridgehead atoms. The second-order valence-electron chi connectivity index (χ2n) is 5.59. The van der Waals surface area contributed by atoms with E-state index >= 15 is 0 Å². The molecule has 0 heterocycles. The molecule has 1 aromatic rings. The summed E-state index contributed by atoms with van der Waals surface area (Å²) >= 11 is 7.32. The van der Waals surface area contributed by atoms with Crippen molar-refractivity contribution < 1.29 is 4.74 Å². The Labute approximate surface area is 147 Å². The summed E-state index contributed by atoms with van der Waals surface area (Å²) in [4.78, 5) is 0. The Morgan fingerprint density at radius 2 is 1.48 bits per heavy atom. The molecular formula is C18H28Br2O. The van der Waals surface area contributed by atoms with Crippen LogP contribution in [-0.4, -0.2) is 6.61 Å². The summed E-state index contributed by atoms with van der Waals surface area (Å²) in [7, 11) is 0. The molecule has 21 heavy (non-hydrogen) atoms. The number of ether oxygens (including phenoxy) is 1. The molecule has 0 N–H and O–H groups in total. The van der Waals surface area contributed by atoms with Crippen molar-refractivity contribution in [2.75, 3.05) is 6.61 Å². The Hall–Kier alpha value is -0.0200. The fourth-order valence-electron chi connectivity index (χ4n) is 2.33. The zero-order valence-electron chi connectivity index (χ0n) is 13.4. The van der Waals surface area contributed by atoms with Crippen molar-refractivity contribution in [3.8, 4) is 5.75 Å². The lowest BCUT2D eigenvalue weighted by molar-refractivity contribution is 0.303. The highest BCUT2D eigenvalue weighted by Gasteiger charge is 2.08. The number of hydrogen-bond acceptors (Lipinski definition) is 1. The van der Waals surface area contributed by atoms with Crippen LogP contribution in [0.3, 0.4) is 0 Å². The van der Waals surface area contributed by atoms with Gasteiger partial charge in [-0.2, -0.15) is 0 Å². The molecule has 0 aromatic heterocycles. The van der Waals surface area contributed by atoms with Gasteiger partial charge in [0.15, 0.2) is 0 Å². The topological polar surface area (TPSA) is 9.23 Å². The van der Waals surface area contributed by atoms with Crippen LogP contribution in [0, 0.1) is 0 Å². The van der Waals surface area contributed by atoms with Gasteiger partial charge in [0, 0.05) is 4.47 Å². The molecule has 0 aliphatic rings. The minimum atomic E-state index is 0.806. The molecular weight excluding hydrogens is 392 g/mol. The molecule has 0 spiro atoms. The Bertz CT molecular complexity index is 404. The third-order valence-electron chi connectivity index (χ3n) is 3.66. The maximum absolute atomic E-state index is 5.89. The summed E-state index contributed by atoms with van der Waals surface area (Å²) < 4.78 is 8.13. The van der Waals surface area contributed by atoms with E-state index in [2.05, 4.69) is 57.8 Å². The van der Waals surface area contributed by atoms with Crippen molar-refractivity contribution >= 4 is 31.9 Å². The van der Waals surface area contributed by atoms with Gasteiger partial charge in [0.2, 0.25) is 0 Å². The van der Waals surface area contributed by atoms with E-state index in [0.717, 1.165) is 29.7 Å². The number of unbranched alkanes of at least 4 members (excludes halogenated alkanes) is 6. The third-order valence-corrected chi connectivity index (χ3v) is 5.01. The van der Waals surface area contributed by atoms with Crippen LogP contribution >= 0.6 is 31.9 Å². The SMILES string of the molecule is CCCCCCOc1cc(Br)c(CCCCCC)cc1Br. The number of hydrogen-bond donors (Lipinski definition) is 0. The van der Waals surface area contributed by atoms with Gasteiger partial charge in [-0.1, -0.05) is 68.3 Å². The zero-order valence-corrected chi connectivity index (χ0v) is 16.6. The maximum Gasteiger partial charge on any atom is 0.134 e. The predicted octanol–water partition coefficient (Wildman–Crippen LogP) is 7.29. The first-order chi connectivity index (χ1) is 10.2. The average Bonchev–Trinajstić information content (AvgIpc) is 2.47. The second-order valence-corrected chi connectivity index (χ2v) is 7.30. The number of rotatable bonds is 11. The molecule has 0 atom stereocenters. The maximum atomic E-state index is 5.89. The highest BCUT2D eigenvalue weighted by molar-refractivity contribution is 9.11. The van der Waals surface area contributed by atoms with Crippen molar-refractivity contribution in [3.05, 3.63) is 26.6 Å². The Kier molecular flexibility index (Phi) is 10.5. The molecule has 3 heteroatoms. The highest BCUT2D eigenvalue weighted by Crippen LogP contribution is 2.32. The molecule has 1 nitrogen and oxygen atoms in total. The standard InChI is InChI=1S/C18H28Br2O/c1-3-5-7-9-11-15-13-17(20)18(14-16(15)19)21-12-10-8-6-4-2/h13-14H,3-12H2,1-2H3. The van der Waals surface area contributed by atoms with Gasteiger partial charge in [-0.3, -0.25) is 0 Å². The van der Waals surface area contributed by atoms with Gasteiger partial charge >= 0.3 is 0 Å². The van der Waals surface area contributed by atoms with Crippen LogP contribution in [-0.2, 0) is 6.42 Å². The van der Waals surface area contributed by atoms with E-state index in [9.17, 15) is 0 Å². The van der Waals surface area contributed by atoms with E-state index in [-0.39, 0.29) is 0 Å². The Balaban J connectivity index is 2.46. The predicted molar refractivity (Wildman–Crippen MR) is 99.3 cm³/mol. The Morgan fingerprint density at radius 1 is 0.810 bits per heavy atom. The summed E-state index contributed by atoms with van der Waals surface area (Å²) in [5, 5.41) is 0. The molecule has 120 valence electrons. The van der Waals surface area contributed by atoms with Crippen LogP contribution in [0.5, 0.6) is 5.75 Å². The van der Waals surface area contributed by atoms with Gasteiger partial charge in [0.1, 0.15) is 5.75 Å². The summed E-state index contributed by atoms with van der Waals surface area (Å²) in [6.07, 6.45) is 11.3. The lowest BCUT2D eigenvalue weighted by atomic mass is 10.1. The Morgan fingerprint density at radius 3 is 2.14 bits per heavy atom. The van der Waals surface area contributed by atoms with Crippen LogP contribution in [0.2, 0.25) is 0 Å². The van der Waals surface area contributed by atoms with Crippen LogP contribution in [0.1, 0.15) is 70.8 Å². The minimum absolute atomic E-state index is 0.806. The fraction of sp³-hybridized carbons (Fsp3) is 0.667. The molecule has 0 saturated carbocycles. The third kappa shape index (κ3) is 7.69. The van der Waals surface area contributed by atoms with E-state index in [1.807, 2.05) is 0 Å². The van der Waals surface area contributed by atoms with Gasteiger partial charge in [0.25, 0.3) is 0 Å². The number of halogens is 2. The van der Waals surface area contributed by atoms with E-state index < -0.39 is 0 Å². The monoisotopic (exact) mass is 418 g/mol. The first kappa shape index (κ1) is 19.0. The molecule has 0 saturated heterocycles. The molecule has 1 rings (SSSR count). The number of benzene rings is 1. The zero-order chi connectivity index (χ0) is 15.5. The summed E-state index contributed by atoms with van der Waals surface area (Å²) in [5.41, 5.74) is 1.37. The average molecular weight is 420 g/mol. The van der Waals surface area contributed by atoms with Crippen molar-refractivity contribution in [2.45, 2.75) is 71.6 Å². The van der Waals surface area contributed by atoms with Crippen LogP contribution < -0.4 is 4.74 Å². The van der Waals surface area contributed by atoms with E-state index in [4.69, 9.17) is 4.74 Å². The summed E-state index contributed by atoms with van der Waals surface area (Å²) in [6, 6.07) is 4.32. The van der Waals surface area contributed by atoms with Gasteiger partial charge < -0.3 is 4.74 Å². The summed E-state index contributed by atoms with van der Waals surface area (Å²) in [6.45, 7) is 5.29. The van der Waals surface area contributed by atoms with Gasteiger partial charge in [-0.05, 0) is 52.9 Å². The number of aryl methyl sites for hydroxylation is 1. The quantitative estimate of drug-likeness (QED) is 0.342. The molecule has 0 radical (unpaired) electrons. The lowest BCUT2D eigenvalue weighted by Crippen LogP contribution is -1.99. The van der Waals surface area contributed by atoms with Gasteiger partial charge in [0.05, 0.1) is 11.1 Å². The normalized spacial score (nSPS) is 10.9. The van der Waals surface area contributed by atoms with Crippen molar-refractivity contribution in [1.82, 2.24) is 0 Å². The fourth-order valence-corrected chi connectivity index (χ4v) is 3.35. The smallest absolute Gasteiger partial charge is 0.134 e. The molecule has 0 fully saturated rings. The van der Waals surface area contributed by atoms with Crippen molar-refractivity contribution in [2.24, 2.45) is 0 Å². The second kappa shape index (κ2) is 11.5. The first-order valence-electron chi connectivity index (χ1n) is 8.29. The highest BCUT2D eigenvalue weighted by atomic mass is 79.9. The van der Waals surface area contributed by atoms with E-state index in [1.54, 1.807) is 0 Å². The van der Waals surface area contributed by atoms with Crippen molar-refractivity contribution in [1.29, 1.82) is 0 Å². The molecule has 0 aliphatic heterocycles. The molecule has 1 aromatic carbocycles. The van der Waals surface area contributed by atoms with E-state index in [0.29, 0.717) is 0 Å². The van der Waals surface area contributed by atoms with E-state index in [1.165, 1.54) is 55.0 Å². The van der Waals surface area contributed by atoms with Gasteiger partial charge in [-0.15, -0.1) is 0 Å². The molecule has 0 aliphatic carbocycles. The van der Waals surface area contributed by atoms with Crippen LogP contribution in [0.25, 0.3) is 0 Å². The van der Waals surface area contributed by atoms with Gasteiger partial charge in [-0.25, -0.2) is 0 Å². The molecule has 0 unspecified atom stereocenters. The lowest BCUT2D eigenvalue weighted by Gasteiger charge is -2.12.